The first-order valence-corrected chi connectivity index (χ1v) is 9.21. The molecule has 2 amide bonds. The lowest BCUT2D eigenvalue weighted by molar-refractivity contribution is -0.136. The molecule has 0 bridgehead atoms. The van der Waals surface area contributed by atoms with Crippen LogP contribution in [-0.4, -0.2) is 61.6 Å². The molecule has 2 aromatic rings. The molecule has 11 nitrogen and oxygen atoms in total. The minimum Gasteiger partial charge on any atom is -0.355 e. The maximum Gasteiger partial charge on any atom is 0.332 e. The number of fused-ring (bicyclic) bond motifs is 1. The molecule has 0 saturated carbocycles. The molecule has 3 heterocycles. The molecule has 1 aliphatic heterocycles. The highest BCUT2D eigenvalue weighted by Gasteiger charge is 2.29. The summed E-state index contributed by atoms with van der Waals surface area (Å²) in [5, 5.41) is 2.74. The van der Waals surface area contributed by atoms with Crippen molar-refractivity contribution in [3.63, 3.8) is 0 Å². The quantitative estimate of drug-likeness (QED) is 0.575. The third-order valence-electron chi connectivity index (χ3n) is 5.08. The van der Waals surface area contributed by atoms with Gasteiger partial charge in [0, 0.05) is 40.3 Å². The fourth-order valence-electron chi connectivity index (χ4n) is 3.53. The van der Waals surface area contributed by atoms with Gasteiger partial charge in [-0.3, -0.25) is 19.0 Å². The Labute approximate surface area is 172 Å². The van der Waals surface area contributed by atoms with Gasteiger partial charge >= 0.3 is 5.69 Å². The molecule has 0 spiro atoms. The smallest absolute Gasteiger partial charge is 0.332 e. The minimum atomic E-state index is -0.598. The predicted octanol–water partition coefficient (Wildman–Crippen LogP) is -1.83. The van der Waals surface area contributed by atoms with Crippen LogP contribution in [-0.2, 0) is 30.2 Å². The topological polar surface area (TPSA) is 137 Å². The number of imidazole rings is 1. The van der Waals surface area contributed by atoms with E-state index in [4.69, 9.17) is 5.73 Å². The second-order valence-electron chi connectivity index (χ2n) is 7.02. The van der Waals surface area contributed by atoms with Crippen molar-refractivity contribution in [2.45, 2.75) is 19.4 Å². The summed E-state index contributed by atoms with van der Waals surface area (Å²) in [5.74, 6) is -0.812. The van der Waals surface area contributed by atoms with Crippen LogP contribution in [0.25, 0.3) is 11.2 Å². The number of piperidine rings is 1. The van der Waals surface area contributed by atoms with Crippen LogP contribution in [0.15, 0.2) is 15.9 Å². The zero-order valence-corrected chi connectivity index (χ0v) is 17.3. The number of hydrogen-bond donors (Lipinski definition) is 2. The lowest BCUT2D eigenvalue weighted by Gasteiger charge is -2.32. The Morgan fingerprint density at radius 1 is 1.31 bits per heavy atom. The molecule has 1 unspecified atom stereocenters. The van der Waals surface area contributed by atoms with E-state index in [9.17, 15) is 19.2 Å². The van der Waals surface area contributed by atoms with Gasteiger partial charge in [-0.25, -0.2) is 14.3 Å². The molecule has 160 valence electrons. The van der Waals surface area contributed by atoms with Crippen molar-refractivity contribution >= 4 is 35.4 Å². The van der Waals surface area contributed by atoms with E-state index in [2.05, 4.69) is 10.3 Å². The summed E-state index contributed by atoms with van der Waals surface area (Å²) in [6, 6.07) is 0. The highest BCUT2D eigenvalue weighted by Crippen LogP contribution is 2.17. The van der Waals surface area contributed by atoms with Crippen molar-refractivity contribution in [1.82, 2.24) is 28.9 Å². The SMILES string of the molecule is Cl.Cn1cnc2c1c(=O)n(CC(=O)N1CCCC(C(=O)NCCN)C1)c(=O)n2C. The third-order valence-corrected chi connectivity index (χ3v) is 5.08. The molecule has 1 saturated heterocycles. The van der Waals surface area contributed by atoms with Crippen LogP contribution in [0.4, 0.5) is 0 Å². The van der Waals surface area contributed by atoms with Crippen LogP contribution in [0.5, 0.6) is 0 Å². The second kappa shape index (κ2) is 9.23. The first-order valence-electron chi connectivity index (χ1n) is 9.21. The maximum atomic E-state index is 12.8. The van der Waals surface area contributed by atoms with Crippen LogP contribution >= 0.6 is 12.4 Å². The Morgan fingerprint density at radius 2 is 2.03 bits per heavy atom. The third kappa shape index (κ3) is 4.35. The first-order chi connectivity index (χ1) is 13.3. The minimum absolute atomic E-state index is 0. The summed E-state index contributed by atoms with van der Waals surface area (Å²) in [6.07, 6.45) is 2.82. The zero-order valence-electron chi connectivity index (χ0n) is 16.5. The molecule has 3 rings (SSSR count). The van der Waals surface area contributed by atoms with Crippen molar-refractivity contribution in [2.75, 3.05) is 26.2 Å². The highest BCUT2D eigenvalue weighted by atomic mass is 35.5. The Kier molecular flexibility index (Phi) is 7.20. The lowest BCUT2D eigenvalue weighted by Crippen LogP contribution is -2.49. The van der Waals surface area contributed by atoms with Gasteiger partial charge in [0.25, 0.3) is 5.56 Å². The van der Waals surface area contributed by atoms with E-state index in [0.29, 0.717) is 32.5 Å². The van der Waals surface area contributed by atoms with E-state index in [0.717, 1.165) is 4.57 Å². The van der Waals surface area contributed by atoms with E-state index in [1.807, 2.05) is 0 Å². The Morgan fingerprint density at radius 3 is 2.72 bits per heavy atom. The molecule has 12 heteroatoms. The van der Waals surface area contributed by atoms with Crippen LogP contribution in [0.3, 0.4) is 0 Å². The number of hydrogen-bond acceptors (Lipinski definition) is 6. The highest BCUT2D eigenvalue weighted by molar-refractivity contribution is 5.85. The maximum absolute atomic E-state index is 12.8. The summed E-state index contributed by atoms with van der Waals surface area (Å²) in [6.45, 7) is 1.12. The van der Waals surface area contributed by atoms with Crippen molar-refractivity contribution in [3.05, 3.63) is 27.2 Å². The van der Waals surface area contributed by atoms with Crippen molar-refractivity contribution < 1.29 is 9.59 Å². The van der Waals surface area contributed by atoms with Crippen molar-refractivity contribution in [3.8, 4) is 0 Å². The Balaban J connectivity index is 0.00000300. The van der Waals surface area contributed by atoms with Gasteiger partial charge in [0.2, 0.25) is 11.8 Å². The first kappa shape index (κ1) is 22.6. The van der Waals surface area contributed by atoms with Crippen molar-refractivity contribution in [1.29, 1.82) is 0 Å². The molecular formula is C17H26ClN7O4. The monoisotopic (exact) mass is 427 g/mol. The van der Waals surface area contributed by atoms with Gasteiger partial charge in [0.05, 0.1) is 12.2 Å². The van der Waals surface area contributed by atoms with Crippen LogP contribution in [0, 0.1) is 5.92 Å². The van der Waals surface area contributed by atoms with E-state index in [1.54, 1.807) is 7.05 Å². The average Bonchev–Trinajstić information content (AvgIpc) is 3.09. The fraction of sp³-hybridized carbons (Fsp3) is 0.588. The van der Waals surface area contributed by atoms with Crippen LogP contribution < -0.4 is 22.3 Å². The molecular weight excluding hydrogens is 402 g/mol. The lowest BCUT2D eigenvalue weighted by atomic mass is 9.97. The van der Waals surface area contributed by atoms with Crippen molar-refractivity contribution in [2.24, 2.45) is 25.7 Å². The summed E-state index contributed by atoms with van der Waals surface area (Å²) in [4.78, 5) is 55.8. The number of aromatic nitrogens is 4. The van der Waals surface area contributed by atoms with Crippen LogP contribution in [0.2, 0.25) is 0 Å². The summed E-state index contributed by atoms with van der Waals surface area (Å²) < 4.78 is 3.70. The fourth-order valence-corrected chi connectivity index (χ4v) is 3.53. The predicted molar refractivity (Wildman–Crippen MR) is 109 cm³/mol. The average molecular weight is 428 g/mol. The normalized spacial score (nSPS) is 16.5. The molecule has 0 aromatic carbocycles. The van der Waals surface area contributed by atoms with Gasteiger partial charge in [-0.1, -0.05) is 0 Å². The molecule has 2 aromatic heterocycles. The standard InChI is InChI=1S/C17H25N7O4.ClH/c1-21-10-20-14-13(21)16(27)24(17(28)22(14)2)9-12(25)23-7-3-4-11(8-23)15(26)19-6-5-18;/h10-11H,3-9,18H2,1-2H3,(H,19,26);1H. The van der Waals surface area contributed by atoms with E-state index < -0.39 is 11.2 Å². The second-order valence-corrected chi connectivity index (χ2v) is 7.02. The number of carbonyl (C=O) groups excluding carboxylic acids is 2. The number of nitrogens with one attached hydrogen (secondary N) is 1. The molecule has 3 N–H and O–H groups in total. The number of likely N-dealkylation sites (tertiary alicyclic amines) is 1. The molecule has 29 heavy (non-hydrogen) atoms. The number of nitrogens with two attached hydrogens (primary N) is 1. The number of halogens is 1. The molecule has 1 aliphatic rings. The Hall–Kier alpha value is -2.66. The van der Waals surface area contributed by atoms with E-state index in [1.165, 1.54) is 27.4 Å². The molecule has 1 fully saturated rings. The Bertz CT molecular complexity index is 1030. The zero-order chi connectivity index (χ0) is 20.4. The number of rotatable bonds is 5. The number of aryl methyl sites for hydroxylation is 2. The van der Waals surface area contributed by atoms with Gasteiger partial charge < -0.3 is 20.5 Å². The van der Waals surface area contributed by atoms with E-state index in [-0.39, 0.29) is 54.4 Å². The van der Waals surface area contributed by atoms with Crippen LogP contribution in [0.1, 0.15) is 12.8 Å². The van der Waals surface area contributed by atoms with Gasteiger partial charge in [-0.05, 0) is 12.8 Å². The van der Waals surface area contributed by atoms with Gasteiger partial charge in [0.15, 0.2) is 11.2 Å². The summed E-state index contributed by atoms with van der Waals surface area (Å²) in [5.41, 5.74) is 4.78. The van der Waals surface area contributed by atoms with Gasteiger partial charge in [-0.2, -0.15) is 0 Å². The number of nitrogens with zero attached hydrogens (tertiary/aromatic N) is 5. The summed E-state index contributed by atoms with van der Waals surface area (Å²) >= 11 is 0. The molecule has 0 aliphatic carbocycles. The number of amides is 2. The molecule has 0 radical (unpaired) electrons. The van der Waals surface area contributed by atoms with E-state index >= 15 is 0 Å². The largest absolute Gasteiger partial charge is 0.355 e. The molecule has 1 atom stereocenters. The summed E-state index contributed by atoms with van der Waals surface area (Å²) in [7, 11) is 3.17. The van der Waals surface area contributed by atoms with Gasteiger partial charge in [0.1, 0.15) is 6.54 Å². The van der Waals surface area contributed by atoms with Gasteiger partial charge in [-0.15, -0.1) is 12.4 Å². The number of carbonyl (C=O) groups is 2.